The molecule has 10 heteroatoms. The van der Waals surface area contributed by atoms with Crippen molar-refractivity contribution in [2.75, 3.05) is 41.8 Å². The summed E-state index contributed by atoms with van der Waals surface area (Å²) in [5.74, 6) is 2.39. The Morgan fingerprint density at radius 3 is 2.59 bits per heavy atom. The number of aryl methyl sites for hydroxylation is 1. The molecule has 1 aromatic carbocycles. The smallest absolute Gasteiger partial charge is 0.277 e. The highest BCUT2D eigenvalue weighted by atomic mass is 16.5. The van der Waals surface area contributed by atoms with Crippen molar-refractivity contribution in [3.05, 3.63) is 72.4 Å². The van der Waals surface area contributed by atoms with Crippen molar-refractivity contribution in [2.45, 2.75) is 6.92 Å². The Labute approximate surface area is 196 Å². The topological polar surface area (TPSA) is 118 Å². The minimum Gasteiger partial charge on any atom is -0.378 e. The normalized spacial score (nSPS) is 13.5. The fraction of sp³-hybridized carbons (Fsp3) is 0.208. The average Bonchev–Trinajstić information content (AvgIpc) is 3.37. The number of anilines is 4. The van der Waals surface area contributed by atoms with Gasteiger partial charge >= 0.3 is 0 Å². The van der Waals surface area contributed by atoms with E-state index in [1.807, 2.05) is 31.2 Å². The number of pyridine rings is 1. The Balaban J connectivity index is 1.23. The van der Waals surface area contributed by atoms with Crippen molar-refractivity contribution in [1.29, 1.82) is 0 Å². The number of nitrogens with one attached hydrogen (secondary N) is 2. The highest BCUT2D eigenvalue weighted by Crippen LogP contribution is 2.23. The fourth-order valence-corrected chi connectivity index (χ4v) is 3.58. The number of nitrogens with zero attached hydrogens (tertiary/aromatic N) is 5. The van der Waals surface area contributed by atoms with E-state index in [4.69, 9.17) is 9.26 Å². The largest absolute Gasteiger partial charge is 0.378 e. The summed E-state index contributed by atoms with van der Waals surface area (Å²) in [5.41, 5.74) is 2.41. The summed E-state index contributed by atoms with van der Waals surface area (Å²) >= 11 is 0. The molecule has 1 fully saturated rings. The van der Waals surface area contributed by atoms with Gasteiger partial charge in [-0.1, -0.05) is 5.16 Å². The van der Waals surface area contributed by atoms with Crippen molar-refractivity contribution in [1.82, 2.24) is 20.1 Å². The Kier molecular flexibility index (Phi) is 6.13. The lowest BCUT2D eigenvalue weighted by Crippen LogP contribution is -2.36. The zero-order valence-electron chi connectivity index (χ0n) is 18.6. The number of carbonyl (C=O) groups excluding carboxylic acids is 1. The van der Waals surface area contributed by atoms with E-state index < -0.39 is 0 Å². The molecule has 1 saturated heterocycles. The molecule has 0 spiro atoms. The maximum absolute atomic E-state index is 12.6. The van der Waals surface area contributed by atoms with E-state index in [-0.39, 0.29) is 11.6 Å². The number of hydrogen-bond acceptors (Lipinski definition) is 9. The number of hydrogen-bond donors (Lipinski definition) is 2. The summed E-state index contributed by atoms with van der Waals surface area (Å²) in [6.07, 6.45) is 3.32. The van der Waals surface area contributed by atoms with E-state index in [9.17, 15) is 4.79 Å². The Hall–Kier alpha value is -4.31. The molecule has 0 saturated carbocycles. The van der Waals surface area contributed by atoms with E-state index in [1.165, 1.54) is 0 Å². The molecule has 0 unspecified atom stereocenters. The molecule has 172 valence electrons. The van der Waals surface area contributed by atoms with Gasteiger partial charge in [-0.05, 0) is 43.3 Å². The molecule has 4 aromatic rings. The van der Waals surface area contributed by atoms with Crippen LogP contribution >= 0.6 is 0 Å². The summed E-state index contributed by atoms with van der Waals surface area (Å²) in [4.78, 5) is 27.8. The van der Waals surface area contributed by atoms with Gasteiger partial charge in [-0.25, -0.2) is 9.97 Å². The van der Waals surface area contributed by atoms with Crippen LogP contribution in [0.4, 0.5) is 23.0 Å². The first-order valence-electron chi connectivity index (χ1n) is 10.9. The lowest BCUT2D eigenvalue weighted by Gasteiger charge is -2.28. The van der Waals surface area contributed by atoms with Crippen molar-refractivity contribution >= 4 is 28.9 Å². The second-order valence-electron chi connectivity index (χ2n) is 7.73. The molecule has 5 rings (SSSR count). The maximum Gasteiger partial charge on any atom is 0.277 e. The molecule has 34 heavy (non-hydrogen) atoms. The van der Waals surface area contributed by atoms with E-state index in [1.54, 1.807) is 36.7 Å². The first kappa shape index (κ1) is 21.5. The van der Waals surface area contributed by atoms with Crippen LogP contribution < -0.4 is 15.5 Å². The number of carbonyl (C=O) groups is 1. The quantitative estimate of drug-likeness (QED) is 0.447. The summed E-state index contributed by atoms with van der Waals surface area (Å²) in [6, 6.07) is 14.5. The second kappa shape index (κ2) is 9.67. The SMILES string of the molecule is Cc1nc(Nc2ccc(NC(=O)c3cc(-c4cccnc4)on3)cc2)cc(N2CCOCC2)n1. The van der Waals surface area contributed by atoms with Gasteiger partial charge in [-0.2, -0.15) is 0 Å². The number of rotatable bonds is 6. The zero-order valence-corrected chi connectivity index (χ0v) is 18.6. The van der Waals surface area contributed by atoms with E-state index in [2.05, 4.69) is 35.6 Å². The van der Waals surface area contributed by atoms with Crippen molar-refractivity contribution in [2.24, 2.45) is 0 Å². The molecule has 10 nitrogen and oxygen atoms in total. The molecule has 0 aliphatic carbocycles. The van der Waals surface area contributed by atoms with Crippen LogP contribution in [-0.4, -0.2) is 52.3 Å². The lowest BCUT2D eigenvalue weighted by atomic mass is 10.2. The molecule has 1 aliphatic rings. The number of benzene rings is 1. The monoisotopic (exact) mass is 457 g/mol. The van der Waals surface area contributed by atoms with Gasteiger partial charge in [0.1, 0.15) is 17.5 Å². The van der Waals surface area contributed by atoms with Gasteiger partial charge in [-0.3, -0.25) is 9.78 Å². The Morgan fingerprint density at radius 1 is 1.03 bits per heavy atom. The first-order chi connectivity index (χ1) is 16.6. The summed E-state index contributed by atoms with van der Waals surface area (Å²) in [5, 5.41) is 9.99. The van der Waals surface area contributed by atoms with Gasteiger partial charge < -0.3 is 24.8 Å². The van der Waals surface area contributed by atoms with Gasteiger partial charge in [0.2, 0.25) is 0 Å². The second-order valence-corrected chi connectivity index (χ2v) is 7.73. The van der Waals surface area contributed by atoms with Crippen LogP contribution in [0.1, 0.15) is 16.3 Å². The maximum atomic E-state index is 12.6. The van der Waals surface area contributed by atoms with Crippen LogP contribution in [0.5, 0.6) is 0 Å². The van der Waals surface area contributed by atoms with Gasteiger partial charge in [-0.15, -0.1) is 0 Å². The third kappa shape index (κ3) is 5.02. The summed E-state index contributed by atoms with van der Waals surface area (Å²) < 4.78 is 10.7. The van der Waals surface area contributed by atoms with Crippen molar-refractivity contribution < 1.29 is 14.1 Å². The Bertz CT molecular complexity index is 1270. The molecular formula is C24H23N7O3. The first-order valence-corrected chi connectivity index (χ1v) is 10.9. The molecule has 2 N–H and O–H groups in total. The minimum atomic E-state index is -0.360. The molecule has 3 aromatic heterocycles. The molecule has 0 radical (unpaired) electrons. The minimum absolute atomic E-state index is 0.188. The van der Waals surface area contributed by atoms with Gasteiger partial charge in [0, 0.05) is 54.6 Å². The number of aromatic nitrogens is 4. The highest BCUT2D eigenvalue weighted by Gasteiger charge is 2.15. The van der Waals surface area contributed by atoms with Crippen LogP contribution in [0.15, 0.2) is 65.4 Å². The van der Waals surface area contributed by atoms with Gasteiger partial charge in [0.05, 0.1) is 13.2 Å². The molecule has 0 bridgehead atoms. The van der Waals surface area contributed by atoms with Crippen molar-refractivity contribution in [3.8, 4) is 11.3 Å². The van der Waals surface area contributed by atoms with Gasteiger partial charge in [0.15, 0.2) is 11.5 Å². The van der Waals surface area contributed by atoms with E-state index >= 15 is 0 Å². The number of amides is 1. The fourth-order valence-electron chi connectivity index (χ4n) is 3.58. The van der Waals surface area contributed by atoms with Crippen LogP contribution in [0.2, 0.25) is 0 Å². The van der Waals surface area contributed by atoms with Crippen LogP contribution in [-0.2, 0) is 4.74 Å². The standard InChI is InChI=1S/C24H23N7O3/c1-16-26-22(14-23(27-16)31-9-11-33-12-10-31)28-18-4-6-19(7-5-18)29-24(32)20-13-21(34-30-20)17-3-2-8-25-15-17/h2-8,13-15H,9-12H2,1H3,(H,29,32)(H,26,27,28). The average molecular weight is 457 g/mol. The Morgan fingerprint density at radius 2 is 1.82 bits per heavy atom. The number of morpholine rings is 1. The van der Waals surface area contributed by atoms with Crippen LogP contribution in [0.25, 0.3) is 11.3 Å². The third-order valence-corrected chi connectivity index (χ3v) is 5.26. The summed E-state index contributed by atoms with van der Waals surface area (Å²) in [6.45, 7) is 4.87. The lowest BCUT2D eigenvalue weighted by molar-refractivity contribution is 0.101. The number of ether oxygens (including phenoxy) is 1. The van der Waals surface area contributed by atoms with E-state index in [0.717, 1.165) is 30.2 Å². The molecule has 1 aliphatic heterocycles. The van der Waals surface area contributed by atoms with Gasteiger partial charge in [0.25, 0.3) is 5.91 Å². The molecule has 1 amide bonds. The van der Waals surface area contributed by atoms with Crippen LogP contribution in [0.3, 0.4) is 0 Å². The zero-order chi connectivity index (χ0) is 23.3. The summed E-state index contributed by atoms with van der Waals surface area (Å²) in [7, 11) is 0. The van der Waals surface area contributed by atoms with Crippen LogP contribution in [0, 0.1) is 6.92 Å². The third-order valence-electron chi connectivity index (χ3n) is 5.26. The molecular weight excluding hydrogens is 434 g/mol. The molecule has 4 heterocycles. The predicted molar refractivity (Wildman–Crippen MR) is 127 cm³/mol. The predicted octanol–water partition coefficient (Wildman–Crippen LogP) is 3.67. The van der Waals surface area contributed by atoms with Crippen molar-refractivity contribution in [3.63, 3.8) is 0 Å². The highest BCUT2D eigenvalue weighted by molar-refractivity contribution is 6.03. The van der Waals surface area contributed by atoms with E-state index in [0.29, 0.717) is 36.3 Å². The molecule has 0 atom stereocenters.